The van der Waals surface area contributed by atoms with Gasteiger partial charge >= 0.3 is 0 Å². The first-order chi connectivity index (χ1) is 5.43. The molecule has 0 aliphatic carbocycles. The Balaban J connectivity index is 3.68. The van der Waals surface area contributed by atoms with Crippen molar-refractivity contribution in [1.82, 2.24) is 0 Å². The van der Waals surface area contributed by atoms with Crippen molar-refractivity contribution in [3.63, 3.8) is 0 Å². The number of rotatable bonds is 5. The summed E-state index contributed by atoms with van der Waals surface area (Å²) in [6, 6.07) is -4.46. The quantitative estimate of drug-likeness (QED) is 0.483. The number of halogens is 4. The van der Waals surface area contributed by atoms with E-state index in [0.717, 1.165) is 0 Å². The van der Waals surface area contributed by atoms with Gasteiger partial charge in [-0.1, -0.05) is 13.8 Å². The smallest absolute Gasteiger partial charge is 0.214 e. The Kier molecular flexibility index (Phi) is 5.81. The van der Waals surface area contributed by atoms with E-state index >= 15 is 0 Å². The Morgan fingerprint density at radius 1 is 0.750 bits per heavy atom. The van der Waals surface area contributed by atoms with Gasteiger partial charge in [-0.25, -0.2) is 17.6 Å². The Labute approximate surface area is 74.4 Å². The van der Waals surface area contributed by atoms with Crippen LogP contribution in [0.2, 0.25) is 11.1 Å². The number of alkyl halides is 4. The molecule has 0 saturated heterocycles. The third kappa shape index (κ3) is 5.76. The van der Waals surface area contributed by atoms with E-state index in [4.69, 9.17) is 0 Å². The van der Waals surface area contributed by atoms with Crippen LogP contribution < -0.4 is 0 Å². The summed E-state index contributed by atoms with van der Waals surface area (Å²) >= 11 is 0. The Morgan fingerprint density at radius 3 is 1.17 bits per heavy atom. The third-order valence-electron chi connectivity index (χ3n) is 2.07. The van der Waals surface area contributed by atoms with Crippen LogP contribution >= 0.6 is 0 Å². The lowest BCUT2D eigenvalue weighted by Gasteiger charge is -2.17. The molecule has 0 saturated carbocycles. The minimum absolute atomic E-state index is 0.134. The molecule has 0 N–H and O–H groups in total. The highest BCUT2D eigenvalue weighted by molar-refractivity contribution is 6.46. The third-order valence-corrected chi connectivity index (χ3v) is 6.55. The molecule has 0 aromatic rings. The lowest BCUT2D eigenvalue weighted by Crippen LogP contribution is -2.20. The first-order valence-electron chi connectivity index (χ1n) is 3.99. The molecular weight excluding hydrogens is 204 g/mol. The molecule has 74 valence electrons. The molecule has 0 bridgehead atoms. The summed E-state index contributed by atoms with van der Waals surface area (Å²) in [6.07, 6.45) is 0. The van der Waals surface area contributed by atoms with Gasteiger partial charge in [0.2, 0.25) is 12.1 Å². The van der Waals surface area contributed by atoms with Gasteiger partial charge in [-0.05, 0) is 11.1 Å². The lowest BCUT2D eigenvalue weighted by molar-refractivity contribution is 0.231. The summed E-state index contributed by atoms with van der Waals surface area (Å²) in [5.74, 6) is 0. The zero-order valence-electron chi connectivity index (χ0n) is 7.24. The van der Waals surface area contributed by atoms with Crippen molar-refractivity contribution in [3.8, 4) is 0 Å². The maximum Gasteiger partial charge on any atom is 0.214 e. The van der Waals surface area contributed by atoms with Crippen LogP contribution in [-0.4, -0.2) is 31.1 Å². The molecule has 12 heavy (non-hydrogen) atoms. The zero-order valence-corrected chi connectivity index (χ0v) is 10.1. The van der Waals surface area contributed by atoms with E-state index in [0.29, 0.717) is 0 Å². The van der Waals surface area contributed by atoms with Crippen LogP contribution in [0.15, 0.2) is 0 Å². The normalized spacial score (nSPS) is 19.0. The van der Waals surface area contributed by atoms with Gasteiger partial charge in [0.15, 0.2) is 0 Å². The van der Waals surface area contributed by atoms with Crippen LogP contribution in [0.3, 0.4) is 0 Å². The first-order valence-corrected chi connectivity index (χ1v) is 7.26. The topological polar surface area (TPSA) is 0 Å². The van der Waals surface area contributed by atoms with Crippen LogP contribution in [0.5, 0.6) is 0 Å². The van der Waals surface area contributed by atoms with Gasteiger partial charge < -0.3 is 0 Å². The van der Waals surface area contributed by atoms with Crippen molar-refractivity contribution in [3.05, 3.63) is 0 Å². The molecule has 2 atom stereocenters. The summed E-state index contributed by atoms with van der Waals surface area (Å²) in [5, 5.41) is 0. The van der Waals surface area contributed by atoms with Crippen LogP contribution in [0.1, 0.15) is 13.8 Å². The largest absolute Gasteiger partial charge is 0.216 e. The predicted molar refractivity (Wildman–Crippen MR) is 47.9 cm³/mol. The molecule has 0 aromatic heterocycles. The second kappa shape index (κ2) is 5.74. The van der Waals surface area contributed by atoms with Crippen molar-refractivity contribution in [2.75, 3.05) is 0 Å². The monoisotopic (exact) mass is 218 g/mol. The minimum atomic E-state index is -2.23. The molecule has 0 aromatic carbocycles. The number of hydrogen-bond acceptors (Lipinski definition) is 0. The highest BCUT2D eigenvalue weighted by Gasteiger charge is 2.21. The molecule has 6 heteroatoms. The second-order valence-electron chi connectivity index (χ2n) is 3.21. The molecule has 0 spiro atoms. The fraction of sp³-hybridized carbons (Fsp3) is 1.00. The fourth-order valence-electron chi connectivity index (χ4n) is 1.03. The molecular formula is C6H14F4Si2. The molecule has 0 amide bonds. The van der Waals surface area contributed by atoms with Crippen molar-refractivity contribution < 1.29 is 17.6 Å². The average Bonchev–Trinajstić information content (AvgIpc) is 1.84. The fourth-order valence-corrected chi connectivity index (χ4v) is 4.23. The minimum Gasteiger partial charge on any atom is -0.216 e. The Bertz CT molecular complexity index is 106. The van der Waals surface area contributed by atoms with Gasteiger partial charge in [0.05, 0.1) is 0 Å². The van der Waals surface area contributed by atoms with Crippen LogP contribution in [0.4, 0.5) is 17.6 Å². The van der Waals surface area contributed by atoms with Crippen LogP contribution in [-0.2, 0) is 0 Å². The molecule has 0 fully saturated rings. The van der Waals surface area contributed by atoms with E-state index in [2.05, 4.69) is 0 Å². The molecule has 0 nitrogen and oxygen atoms in total. The van der Waals surface area contributed by atoms with Crippen molar-refractivity contribution in [2.24, 2.45) is 0 Å². The van der Waals surface area contributed by atoms with E-state index in [-0.39, 0.29) is 11.1 Å². The van der Waals surface area contributed by atoms with E-state index in [9.17, 15) is 17.6 Å². The summed E-state index contributed by atoms with van der Waals surface area (Å²) in [4.78, 5) is 0. The van der Waals surface area contributed by atoms with Gasteiger partial charge in [-0.15, -0.1) is 0 Å². The van der Waals surface area contributed by atoms with Crippen LogP contribution in [0, 0.1) is 0 Å². The summed E-state index contributed by atoms with van der Waals surface area (Å²) in [5.41, 5.74) is -0.267. The predicted octanol–water partition coefficient (Wildman–Crippen LogP) is 1.39. The first kappa shape index (κ1) is 12.2. The molecule has 0 aliphatic rings. The van der Waals surface area contributed by atoms with Gasteiger partial charge in [-0.2, -0.15) is 0 Å². The van der Waals surface area contributed by atoms with Gasteiger partial charge in [0.25, 0.3) is 0 Å². The maximum absolute atomic E-state index is 11.9. The van der Waals surface area contributed by atoms with Crippen molar-refractivity contribution in [1.29, 1.82) is 0 Å². The average molecular weight is 218 g/mol. The standard InChI is InChI=1S/C6H14F4Si2/c1-3(11-5(7)8)4(2)12-6(9)10/h3-6H,11-12H2,1-2H3. The Hall–Kier alpha value is 0.154. The van der Waals surface area contributed by atoms with E-state index in [1.165, 1.54) is 0 Å². The molecule has 2 unspecified atom stereocenters. The SMILES string of the molecule is CC([SiH2]C(F)F)C(C)[SiH2]C(F)F. The molecule has 0 heterocycles. The zero-order chi connectivity index (χ0) is 9.72. The highest BCUT2D eigenvalue weighted by Crippen LogP contribution is 2.24. The van der Waals surface area contributed by atoms with Crippen LogP contribution in [0.25, 0.3) is 0 Å². The second-order valence-corrected chi connectivity index (χ2v) is 7.96. The van der Waals surface area contributed by atoms with E-state index in [1.807, 2.05) is 0 Å². The van der Waals surface area contributed by atoms with E-state index < -0.39 is 31.1 Å². The molecule has 0 radical (unpaired) electrons. The molecule has 0 rings (SSSR count). The summed E-state index contributed by atoms with van der Waals surface area (Å²) < 4.78 is 47.5. The Morgan fingerprint density at radius 2 is 1.00 bits per heavy atom. The van der Waals surface area contributed by atoms with Crippen molar-refractivity contribution in [2.45, 2.75) is 37.0 Å². The van der Waals surface area contributed by atoms with E-state index in [1.54, 1.807) is 13.8 Å². The van der Waals surface area contributed by atoms with Gasteiger partial charge in [-0.3, -0.25) is 0 Å². The van der Waals surface area contributed by atoms with Gasteiger partial charge in [0.1, 0.15) is 19.0 Å². The maximum atomic E-state index is 11.9. The highest BCUT2D eigenvalue weighted by atomic mass is 28.2. The van der Waals surface area contributed by atoms with Crippen molar-refractivity contribution >= 4 is 19.0 Å². The molecule has 0 aliphatic heterocycles. The summed E-state index contributed by atoms with van der Waals surface area (Å²) in [6.45, 7) is 3.36. The lowest BCUT2D eigenvalue weighted by atomic mass is 10.4. The van der Waals surface area contributed by atoms with Gasteiger partial charge in [0, 0.05) is 0 Å². The summed E-state index contributed by atoms with van der Waals surface area (Å²) in [7, 11) is -2.90. The number of hydrogen-bond donors (Lipinski definition) is 0.